The highest BCUT2D eigenvalue weighted by Crippen LogP contribution is 2.25. The lowest BCUT2D eigenvalue weighted by atomic mass is 9.97. The Morgan fingerprint density at radius 3 is 2.44 bits per heavy atom. The second-order valence-electron chi connectivity index (χ2n) is 5.41. The van der Waals surface area contributed by atoms with E-state index in [4.69, 9.17) is 5.73 Å². The minimum atomic E-state index is -0.404. The first-order valence-electron chi connectivity index (χ1n) is 6.98. The molecule has 2 fully saturated rings. The fourth-order valence-electron chi connectivity index (χ4n) is 3.07. The van der Waals surface area contributed by atoms with E-state index < -0.39 is 5.91 Å². The number of nitrogens with two attached hydrogens (primary N) is 1. The van der Waals surface area contributed by atoms with Gasteiger partial charge < -0.3 is 16.0 Å². The Morgan fingerprint density at radius 2 is 1.89 bits per heavy atom. The van der Waals surface area contributed by atoms with Crippen molar-refractivity contribution in [2.24, 2.45) is 11.7 Å². The minimum Gasteiger partial charge on any atom is -0.368 e. The lowest BCUT2D eigenvalue weighted by Crippen LogP contribution is -2.49. The van der Waals surface area contributed by atoms with Crippen LogP contribution in [0.25, 0.3) is 0 Å². The molecule has 102 valence electrons. The summed E-state index contributed by atoms with van der Waals surface area (Å²) in [6.07, 6.45) is 6.28. The molecule has 0 radical (unpaired) electrons. The van der Waals surface area contributed by atoms with Crippen LogP contribution in [0.2, 0.25) is 0 Å². The van der Waals surface area contributed by atoms with E-state index in [9.17, 15) is 9.59 Å². The van der Waals surface area contributed by atoms with E-state index in [2.05, 4.69) is 5.32 Å². The Morgan fingerprint density at radius 1 is 1.17 bits per heavy atom. The molecule has 1 atom stereocenters. The van der Waals surface area contributed by atoms with Gasteiger partial charge in [0.05, 0.1) is 12.5 Å². The third-order valence-electron chi connectivity index (χ3n) is 4.02. The van der Waals surface area contributed by atoms with Gasteiger partial charge in [-0.1, -0.05) is 12.8 Å². The molecule has 5 heteroatoms. The average Bonchev–Trinajstić information content (AvgIpc) is 2.89. The molecular formula is C13H23N3O2. The molecule has 1 unspecified atom stereocenters. The van der Waals surface area contributed by atoms with Gasteiger partial charge in [0, 0.05) is 12.6 Å². The second-order valence-corrected chi connectivity index (χ2v) is 5.41. The predicted molar refractivity (Wildman–Crippen MR) is 68.8 cm³/mol. The zero-order valence-corrected chi connectivity index (χ0v) is 10.9. The van der Waals surface area contributed by atoms with Gasteiger partial charge in [-0.3, -0.25) is 9.59 Å². The summed E-state index contributed by atoms with van der Waals surface area (Å²) in [5, 5.41) is 3.25. The molecule has 2 aliphatic rings. The first kappa shape index (κ1) is 13.3. The third kappa shape index (κ3) is 3.22. The van der Waals surface area contributed by atoms with Gasteiger partial charge >= 0.3 is 0 Å². The van der Waals surface area contributed by atoms with Gasteiger partial charge in [0.15, 0.2) is 0 Å². The number of amides is 2. The van der Waals surface area contributed by atoms with Gasteiger partial charge in [-0.05, 0) is 32.2 Å². The summed E-state index contributed by atoms with van der Waals surface area (Å²) < 4.78 is 0. The fourth-order valence-corrected chi connectivity index (χ4v) is 3.07. The SMILES string of the molecule is NC(=O)CN(C(=O)C1CCCNC1)C1CCCC1. The van der Waals surface area contributed by atoms with Gasteiger partial charge in [-0.25, -0.2) is 0 Å². The van der Waals surface area contributed by atoms with Gasteiger partial charge in [0.1, 0.15) is 0 Å². The van der Waals surface area contributed by atoms with E-state index >= 15 is 0 Å². The highest BCUT2D eigenvalue weighted by Gasteiger charge is 2.32. The Balaban J connectivity index is 2.01. The Kier molecular flexibility index (Phi) is 4.58. The summed E-state index contributed by atoms with van der Waals surface area (Å²) in [6, 6.07) is 0.229. The number of carbonyl (C=O) groups excluding carboxylic acids is 2. The van der Waals surface area contributed by atoms with Crippen molar-refractivity contribution in [3.63, 3.8) is 0 Å². The summed E-state index contributed by atoms with van der Waals surface area (Å²) in [5.74, 6) is -0.259. The molecule has 18 heavy (non-hydrogen) atoms. The number of primary amides is 1. The van der Waals surface area contributed by atoms with Crippen LogP contribution in [0.15, 0.2) is 0 Å². The molecule has 0 aromatic heterocycles. The topological polar surface area (TPSA) is 75.4 Å². The lowest BCUT2D eigenvalue weighted by molar-refractivity contribution is -0.141. The Labute approximate surface area is 108 Å². The molecule has 1 heterocycles. The molecule has 3 N–H and O–H groups in total. The molecule has 1 saturated heterocycles. The van der Waals surface area contributed by atoms with Crippen LogP contribution in [-0.4, -0.2) is 42.4 Å². The monoisotopic (exact) mass is 253 g/mol. The first-order chi connectivity index (χ1) is 8.68. The Hall–Kier alpha value is -1.10. The summed E-state index contributed by atoms with van der Waals surface area (Å²) >= 11 is 0. The largest absolute Gasteiger partial charge is 0.368 e. The summed E-state index contributed by atoms with van der Waals surface area (Å²) in [4.78, 5) is 25.4. The first-order valence-corrected chi connectivity index (χ1v) is 6.98. The number of nitrogens with one attached hydrogen (secondary N) is 1. The van der Waals surface area contributed by atoms with Crippen molar-refractivity contribution in [2.75, 3.05) is 19.6 Å². The standard InChI is InChI=1S/C13H23N3O2/c14-12(17)9-16(11-5-1-2-6-11)13(18)10-4-3-7-15-8-10/h10-11,15H,1-9H2,(H2,14,17). The van der Waals surface area contributed by atoms with Crippen molar-refractivity contribution in [3.05, 3.63) is 0 Å². The average molecular weight is 253 g/mol. The van der Waals surface area contributed by atoms with Crippen molar-refractivity contribution >= 4 is 11.8 Å². The maximum atomic E-state index is 12.5. The molecule has 0 aromatic rings. The van der Waals surface area contributed by atoms with Crippen LogP contribution in [0.3, 0.4) is 0 Å². The quantitative estimate of drug-likeness (QED) is 0.753. The van der Waals surface area contributed by atoms with E-state index in [1.54, 1.807) is 4.90 Å². The second kappa shape index (κ2) is 6.18. The Bertz CT molecular complexity index is 307. The molecule has 0 bridgehead atoms. The molecule has 1 aliphatic heterocycles. The lowest BCUT2D eigenvalue weighted by Gasteiger charge is -2.33. The highest BCUT2D eigenvalue weighted by molar-refractivity contribution is 5.85. The van der Waals surface area contributed by atoms with E-state index in [0.717, 1.165) is 51.6 Å². The molecular weight excluding hydrogens is 230 g/mol. The van der Waals surface area contributed by atoms with Crippen LogP contribution in [-0.2, 0) is 9.59 Å². The molecule has 2 amide bonds. The number of carbonyl (C=O) groups is 2. The molecule has 2 rings (SSSR count). The van der Waals surface area contributed by atoms with E-state index in [0.29, 0.717) is 0 Å². The van der Waals surface area contributed by atoms with Gasteiger partial charge in [0.2, 0.25) is 11.8 Å². The smallest absolute Gasteiger partial charge is 0.237 e. The van der Waals surface area contributed by atoms with Crippen LogP contribution >= 0.6 is 0 Å². The zero-order valence-electron chi connectivity index (χ0n) is 10.9. The minimum absolute atomic E-state index is 0.0266. The third-order valence-corrected chi connectivity index (χ3v) is 4.02. The number of hydrogen-bond acceptors (Lipinski definition) is 3. The maximum absolute atomic E-state index is 12.5. The number of piperidine rings is 1. The van der Waals surface area contributed by atoms with Gasteiger partial charge in [-0.2, -0.15) is 0 Å². The van der Waals surface area contributed by atoms with Crippen molar-refractivity contribution in [1.82, 2.24) is 10.2 Å². The number of hydrogen-bond donors (Lipinski definition) is 2. The zero-order chi connectivity index (χ0) is 13.0. The molecule has 1 saturated carbocycles. The van der Waals surface area contributed by atoms with Crippen LogP contribution < -0.4 is 11.1 Å². The number of nitrogens with zero attached hydrogens (tertiary/aromatic N) is 1. The van der Waals surface area contributed by atoms with Crippen LogP contribution in [0.4, 0.5) is 0 Å². The van der Waals surface area contributed by atoms with Crippen LogP contribution in [0, 0.1) is 5.92 Å². The van der Waals surface area contributed by atoms with Crippen molar-refractivity contribution in [3.8, 4) is 0 Å². The summed E-state index contributed by atoms with van der Waals surface area (Å²) in [7, 11) is 0. The molecule has 1 aliphatic carbocycles. The van der Waals surface area contributed by atoms with Crippen molar-refractivity contribution in [1.29, 1.82) is 0 Å². The predicted octanol–water partition coefficient (Wildman–Crippen LogP) is 0.242. The normalized spacial score (nSPS) is 25.0. The van der Waals surface area contributed by atoms with Crippen LogP contribution in [0.5, 0.6) is 0 Å². The number of rotatable bonds is 4. The fraction of sp³-hybridized carbons (Fsp3) is 0.846. The maximum Gasteiger partial charge on any atom is 0.237 e. The van der Waals surface area contributed by atoms with Gasteiger partial charge in [0.25, 0.3) is 0 Å². The summed E-state index contributed by atoms with van der Waals surface area (Å²) in [5.41, 5.74) is 5.28. The van der Waals surface area contributed by atoms with E-state index in [-0.39, 0.29) is 24.4 Å². The molecule has 0 spiro atoms. The molecule has 0 aromatic carbocycles. The van der Waals surface area contributed by atoms with Crippen LogP contribution in [0.1, 0.15) is 38.5 Å². The van der Waals surface area contributed by atoms with Crippen molar-refractivity contribution in [2.45, 2.75) is 44.6 Å². The highest BCUT2D eigenvalue weighted by atomic mass is 16.2. The molecule has 5 nitrogen and oxygen atoms in total. The summed E-state index contributed by atoms with van der Waals surface area (Å²) in [6.45, 7) is 1.81. The van der Waals surface area contributed by atoms with Crippen molar-refractivity contribution < 1.29 is 9.59 Å². The van der Waals surface area contributed by atoms with E-state index in [1.807, 2.05) is 0 Å². The van der Waals surface area contributed by atoms with Gasteiger partial charge in [-0.15, -0.1) is 0 Å². The van der Waals surface area contributed by atoms with E-state index in [1.165, 1.54) is 0 Å².